The Labute approximate surface area is 104 Å². The van der Waals surface area contributed by atoms with Crippen LogP contribution in [-0.4, -0.2) is 24.0 Å². The molecule has 0 aliphatic carbocycles. The van der Waals surface area contributed by atoms with Crippen LogP contribution >= 0.6 is 15.9 Å². The average Bonchev–Trinajstić information content (AvgIpc) is 2.25. The third-order valence-corrected chi connectivity index (χ3v) is 2.77. The van der Waals surface area contributed by atoms with E-state index in [0.29, 0.717) is 6.42 Å². The summed E-state index contributed by atoms with van der Waals surface area (Å²) in [6, 6.07) is 1.91. The molecule has 1 unspecified atom stereocenters. The molecule has 0 fully saturated rings. The van der Waals surface area contributed by atoms with Gasteiger partial charge in [0.25, 0.3) is 0 Å². The molecule has 3 nitrogen and oxygen atoms in total. The number of hydrogen-bond donors (Lipinski definition) is 0. The van der Waals surface area contributed by atoms with Gasteiger partial charge in [-0.2, -0.15) is 0 Å². The van der Waals surface area contributed by atoms with Gasteiger partial charge in [0.1, 0.15) is 6.10 Å². The number of nitrogens with zero attached hydrogens (tertiary/aromatic N) is 1. The minimum atomic E-state index is -0.288. The zero-order valence-electron chi connectivity index (χ0n) is 9.57. The van der Waals surface area contributed by atoms with Crippen molar-refractivity contribution in [2.75, 3.05) is 7.11 Å². The van der Waals surface area contributed by atoms with E-state index in [9.17, 15) is 4.79 Å². The van der Waals surface area contributed by atoms with Crippen LogP contribution in [0.4, 0.5) is 0 Å². The minimum Gasteiger partial charge on any atom is -0.374 e. The van der Waals surface area contributed by atoms with Crippen molar-refractivity contribution >= 4 is 21.7 Å². The molecule has 1 heterocycles. The fourth-order valence-corrected chi connectivity index (χ4v) is 1.95. The molecule has 88 valence electrons. The molecule has 0 saturated heterocycles. The quantitative estimate of drug-likeness (QED) is 0.807. The lowest BCUT2D eigenvalue weighted by Crippen LogP contribution is -2.24. The first kappa shape index (κ1) is 13.3. The van der Waals surface area contributed by atoms with Crippen molar-refractivity contribution in [3.8, 4) is 0 Å². The van der Waals surface area contributed by atoms with Crippen molar-refractivity contribution in [3.63, 3.8) is 0 Å². The lowest BCUT2D eigenvalue weighted by Gasteiger charge is -2.12. The van der Waals surface area contributed by atoms with Crippen LogP contribution in [0.1, 0.15) is 25.3 Å². The smallest absolute Gasteiger partial charge is 0.165 e. The summed E-state index contributed by atoms with van der Waals surface area (Å²) in [5, 5.41) is 0. The predicted molar refractivity (Wildman–Crippen MR) is 66.4 cm³/mol. The van der Waals surface area contributed by atoms with Gasteiger partial charge >= 0.3 is 0 Å². The monoisotopic (exact) mass is 285 g/mol. The molecule has 0 spiro atoms. The van der Waals surface area contributed by atoms with E-state index in [4.69, 9.17) is 4.74 Å². The van der Waals surface area contributed by atoms with Gasteiger partial charge in [0.2, 0.25) is 0 Å². The van der Waals surface area contributed by atoms with Crippen molar-refractivity contribution < 1.29 is 9.53 Å². The largest absolute Gasteiger partial charge is 0.374 e. The van der Waals surface area contributed by atoms with Gasteiger partial charge < -0.3 is 4.74 Å². The number of ketones is 1. The molecular weight excluding hydrogens is 270 g/mol. The molecule has 0 saturated carbocycles. The minimum absolute atomic E-state index is 0.115. The van der Waals surface area contributed by atoms with Crippen molar-refractivity contribution in [2.45, 2.75) is 32.3 Å². The molecule has 0 amide bonds. The van der Waals surface area contributed by atoms with Gasteiger partial charge in [0, 0.05) is 30.4 Å². The van der Waals surface area contributed by atoms with Gasteiger partial charge in [-0.25, -0.2) is 0 Å². The Kier molecular flexibility index (Phi) is 5.63. The molecule has 16 heavy (non-hydrogen) atoms. The maximum Gasteiger partial charge on any atom is 0.165 e. The molecular formula is C12H16BrNO2. The SMILES string of the molecule is CCCC(OC)C(=O)Cc1cncc(Br)c1. The highest BCUT2D eigenvalue weighted by Crippen LogP contribution is 2.12. The first-order chi connectivity index (χ1) is 7.67. The highest BCUT2D eigenvalue weighted by Gasteiger charge is 2.16. The number of rotatable bonds is 6. The predicted octanol–water partition coefficient (Wildman–Crippen LogP) is 2.77. The van der Waals surface area contributed by atoms with E-state index in [1.807, 2.05) is 13.0 Å². The molecule has 4 heteroatoms. The summed E-state index contributed by atoms with van der Waals surface area (Å²) in [6.07, 6.45) is 5.22. The maximum absolute atomic E-state index is 11.9. The highest BCUT2D eigenvalue weighted by molar-refractivity contribution is 9.10. The average molecular weight is 286 g/mol. The fraction of sp³-hybridized carbons (Fsp3) is 0.500. The van der Waals surface area contributed by atoms with Crippen LogP contribution in [0.3, 0.4) is 0 Å². The molecule has 0 bridgehead atoms. The third kappa shape index (κ3) is 4.02. The van der Waals surface area contributed by atoms with Crippen LogP contribution in [0.5, 0.6) is 0 Å². The summed E-state index contributed by atoms with van der Waals surface area (Å²) >= 11 is 3.33. The normalized spacial score (nSPS) is 12.4. The summed E-state index contributed by atoms with van der Waals surface area (Å²) in [7, 11) is 1.58. The first-order valence-corrected chi connectivity index (χ1v) is 6.11. The Hall–Kier alpha value is -0.740. The van der Waals surface area contributed by atoms with Gasteiger partial charge in [0.05, 0.1) is 0 Å². The lowest BCUT2D eigenvalue weighted by molar-refractivity contribution is -0.128. The first-order valence-electron chi connectivity index (χ1n) is 5.32. The number of methoxy groups -OCH3 is 1. The molecule has 0 N–H and O–H groups in total. The number of carbonyl (C=O) groups excluding carboxylic acids is 1. The van der Waals surface area contributed by atoms with Crippen molar-refractivity contribution in [3.05, 3.63) is 28.5 Å². The lowest BCUT2D eigenvalue weighted by atomic mass is 10.0. The Balaban J connectivity index is 2.62. The van der Waals surface area contributed by atoms with E-state index in [1.54, 1.807) is 19.5 Å². The van der Waals surface area contributed by atoms with Crippen LogP contribution in [0.15, 0.2) is 22.9 Å². The van der Waals surface area contributed by atoms with E-state index < -0.39 is 0 Å². The number of hydrogen-bond acceptors (Lipinski definition) is 3. The number of carbonyl (C=O) groups is 1. The Morgan fingerprint density at radius 3 is 2.88 bits per heavy atom. The number of Topliss-reactive ketones (excluding diaryl/α,β-unsaturated/α-hetero) is 1. The molecule has 0 radical (unpaired) electrons. The Morgan fingerprint density at radius 2 is 2.31 bits per heavy atom. The number of ether oxygens (including phenoxy) is 1. The highest BCUT2D eigenvalue weighted by atomic mass is 79.9. The molecule has 0 aliphatic rings. The second-order valence-electron chi connectivity index (χ2n) is 3.67. The fourth-order valence-electron chi connectivity index (χ4n) is 1.54. The van der Waals surface area contributed by atoms with Crippen molar-refractivity contribution in [1.82, 2.24) is 4.98 Å². The zero-order chi connectivity index (χ0) is 12.0. The second kappa shape index (κ2) is 6.76. The Bertz CT molecular complexity index is 355. The van der Waals surface area contributed by atoms with Gasteiger partial charge in [0.15, 0.2) is 5.78 Å². The van der Waals surface area contributed by atoms with Crippen molar-refractivity contribution in [2.24, 2.45) is 0 Å². The number of halogens is 1. The summed E-state index contributed by atoms with van der Waals surface area (Å²) in [5.74, 6) is 0.115. The standard InChI is InChI=1S/C12H16BrNO2/c1-3-4-12(16-2)11(15)6-9-5-10(13)8-14-7-9/h5,7-8,12H,3-4,6H2,1-2H3. The second-order valence-corrected chi connectivity index (χ2v) is 4.58. The summed E-state index contributed by atoms with van der Waals surface area (Å²) in [4.78, 5) is 15.9. The molecule has 0 aliphatic heterocycles. The summed E-state index contributed by atoms with van der Waals surface area (Å²) in [5.41, 5.74) is 0.914. The maximum atomic E-state index is 11.9. The van der Waals surface area contributed by atoms with Gasteiger partial charge in [-0.05, 0) is 34.0 Å². The zero-order valence-corrected chi connectivity index (χ0v) is 11.2. The summed E-state index contributed by atoms with van der Waals surface area (Å²) < 4.78 is 6.06. The van der Waals surface area contributed by atoms with E-state index in [-0.39, 0.29) is 11.9 Å². The van der Waals surface area contributed by atoms with E-state index in [1.165, 1.54) is 0 Å². The topological polar surface area (TPSA) is 39.2 Å². The van der Waals surface area contributed by atoms with Crippen molar-refractivity contribution in [1.29, 1.82) is 0 Å². The van der Waals surface area contributed by atoms with Crippen LogP contribution < -0.4 is 0 Å². The van der Waals surface area contributed by atoms with Crippen LogP contribution in [0, 0.1) is 0 Å². The summed E-state index contributed by atoms with van der Waals surface area (Å²) in [6.45, 7) is 2.04. The van der Waals surface area contributed by atoms with Gasteiger partial charge in [-0.3, -0.25) is 9.78 Å². The van der Waals surface area contributed by atoms with Crippen LogP contribution in [0.2, 0.25) is 0 Å². The molecule has 1 atom stereocenters. The third-order valence-electron chi connectivity index (χ3n) is 2.33. The molecule has 1 rings (SSSR count). The number of aromatic nitrogens is 1. The van der Waals surface area contributed by atoms with Gasteiger partial charge in [-0.15, -0.1) is 0 Å². The molecule has 1 aromatic heterocycles. The number of pyridine rings is 1. The van der Waals surface area contributed by atoms with Crippen LogP contribution in [-0.2, 0) is 16.0 Å². The van der Waals surface area contributed by atoms with E-state index in [2.05, 4.69) is 20.9 Å². The molecule has 1 aromatic rings. The molecule has 0 aromatic carbocycles. The van der Waals surface area contributed by atoms with E-state index >= 15 is 0 Å². The van der Waals surface area contributed by atoms with E-state index in [0.717, 1.165) is 22.9 Å². The Morgan fingerprint density at radius 1 is 1.56 bits per heavy atom. The van der Waals surface area contributed by atoms with Gasteiger partial charge in [-0.1, -0.05) is 13.3 Å². The van der Waals surface area contributed by atoms with Crippen LogP contribution in [0.25, 0.3) is 0 Å².